The molecule has 1 aliphatic rings. The number of ether oxygens (including phenoxy) is 1. The third-order valence-electron chi connectivity index (χ3n) is 3.50. The molecule has 0 aromatic heterocycles. The van der Waals surface area contributed by atoms with Crippen molar-refractivity contribution in [2.45, 2.75) is 12.8 Å². The van der Waals surface area contributed by atoms with Crippen molar-refractivity contribution in [1.82, 2.24) is 5.32 Å². The van der Waals surface area contributed by atoms with Crippen LogP contribution in [0.25, 0.3) is 0 Å². The van der Waals surface area contributed by atoms with E-state index >= 15 is 0 Å². The van der Waals surface area contributed by atoms with E-state index in [-0.39, 0.29) is 0 Å². The summed E-state index contributed by atoms with van der Waals surface area (Å²) in [7, 11) is 1.22. The number of carbonyl (C=O) groups is 2. The van der Waals surface area contributed by atoms with E-state index < -0.39 is 23.7 Å². The first-order valence-corrected chi connectivity index (χ1v) is 8.31. The minimum absolute atomic E-state index is 0.356. The molecular formula is C16H15ClN2O3S. The highest BCUT2D eigenvalue weighted by Gasteiger charge is 2.44. The van der Waals surface area contributed by atoms with Crippen LogP contribution < -0.4 is 5.32 Å². The number of benzene rings is 1. The fraction of sp³-hybridized carbons (Fsp3) is 0.312. The second kappa shape index (κ2) is 7.53. The van der Waals surface area contributed by atoms with Crippen LogP contribution in [0.5, 0.6) is 0 Å². The van der Waals surface area contributed by atoms with E-state index in [2.05, 4.69) is 11.4 Å². The molecule has 1 aromatic carbocycles. The van der Waals surface area contributed by atoms with Gasteiger partial charge in [0.25, 0.3) is 0 Å². The summed E-state index contributed by atoms with van der Waals surface area (Å²) in [5.41, 5.74) is 1.03. The molecule has 5 nitrogen and oxygen atoms in total. The highest BCUT2D eigenvalue weighted by molar-refractivity contribution is 8.03. The van der Waals surface area contributed by atoms with Crippen molar-refractivity contribution in [1.29, 1.82) is 5.26 Å². The van der Waals surface area contributed by atoms with Crippen molar-refractivity contribution in [3.8, 4) is 6.07 Å². The summed E-state index contributed by atoms with van der Waals surface area (Å²) in [4.78, 5) is 24.5. The summed E-state index contributed by atoms with van der Waals surface area (Å²) in [6.07, 6.45) is 0. The second-order valence-corrected chi connectivity index (χ2v) is 6.52. The van der Waals surface area contributed by atoms with Crippen LogP contribution in [0.3, 0.4) is 0 Å². The number of amides is 1. The molecule has 2 atom stereocenters. The quantitative estimate of drug-likeness (QED) is 0.667. The molecule has 1 aromatic rings. The van der Waals surface area contributed by atoms with Crippen molar-refractivity contribution in [2.24, 2.45) is 5.92 Å². The zero-order valence-corrected chi connectivity index (χ0v) is 14.2. The third kappa shape index (κ3) is 3.52. The number of carbonyl (C=O) groups excluding carboxylic acids is 2. The van der Waals surface area contributed by atoms with Gasteiger partial charge in [-0.3, -0.25) is 9.59 Å². The molecule has 0 radical (unpaired) electrons. The molecule has 2 rings (SSSR count). The maximum absolute atomic E-state index is 12.4. The Hall–Kier alpha value is -1.97. The van der Waals surface area contributed by atoms with Crippen molar-refractivity contribution < 1.29 is 14.3 Å². The van der Waals surface area contributed by atoms with Crippen molar-refractivity contribution in [3.63, 3.8) is 0 Å². The van der Waals surface area contributed by atoms with Crippen LogP contribution in [0.1, 0.15) is 18.4 Å². The molecule has 0 unspecified atom stereocenters. The number of thioether (sulfide) groups is 1. The molecule has 0 fully saturated rings. The van der Waals surface area contributed by atoms with Crippen LogP contribution in [-0.2, 0) is 14.3 Å². The summed E-state index contributed by atoms with van der Waals surface area (Å²) in [5.74, 6) is -2.23. The minimum atomic E-state index is -1.10. The summed E-state index contributed by atoms with van der Waals surface area (Å²) in [6, 6.07) is 8.90. The van der Waals surface area contributed by atoms with Gasteiger partial charge in [0.2, 0.25) is 5.91 Å². The molecule has 0 aliphatic carbocycles. The maximum Gasteiger partial charge on any atom is 0.319 e. The second-order valence-electron chi connectivity index (χ2n) is 4.81. The Kier molecular flexibility index (Phi) is 5.69. The monoisotopic (exact) mass is 350 g/mol. The van der Waals surface area contributed by atoms with Crippen LogP contribution in [0.15, 0.2) is 34.9 Å². The number of esters is 1. The third-order valence-corrected chi connectivity index (χ3v) is 4.65. The number of rotatable bonds is 4. The zero-order valence-electron chi connectivity index (χ0n) is 12.6. The van der Waals surface area contributed by atoms with Crippen molar-refractivity contribution >= 4 is 35.2 Å². The Morgan fingerprint density at radius 2 is 2.09 bits per heavy atom. The molecule has 23 heavy (non-hydrogen) atoms. The number of nitrogens with zero attached hydrogens (tertiary/aromatic N) is 1. The molecule has 0 spiro atoms. The Morgan fingerprint density at radius 1 is 1.43 bits per heavy atom. The fourth-order valence-corrected chi connectivity index (χ4v) is 3.41. The number of hydrogen-bond donors (Lipinski definition) is 1. The lowest BCUT2D eigenvalue weighted by Crippen LogP contribution is -2.44. The molecule has 7 heteroatoms. The normalized spacial score (nSPS) is 20.7. The SMILES string of the molecule is CCSC1=C(C#N)[C@H](c2ccc(Cl)cc2)[C@H](C(=O)OC)C(=O)N1. The molecule has 120 valence electrons. The Bertz CT molecular complexity index is 694. The van der Waals surface area contributed by atoms with Gasteiger partial charge in [0, 0.05) is 10.9 Å². The highest BCUT2D eigenvalue weighted by Crippen LogP contribution is 2.40. The van der Waals surface area contributed by atoms with Crippen molar-refractivity contribution in [2.75, 3.05) is 12.9 Å². The predicted molar refractivity (Wildman–Crippen MR) is 88.6 cm³/mol. The summed E-state index contributed by atoms with van der Waals surface area (Å²) in [6.45, 7) is 1.92. The van der Waals surface area contributed by atoms with Gasteiger partial charge in [-0.05, 0) is 23.4 Å². The number of allylic oxidation sites excluding steroid dienone is 1. The highest BCUT2D eigenvalue weighted by atomic mass is 35.5. The molecular weight excluding hydrogens is 336 g/mol. The molecule has 1 heterocycles. The fourth-order valence-electron chi connectivity index (χ4n) is 2.49. The first-order chi connectivity index (χ1) is 11.0. The average Bonchev–Trinajstić information content (AvgIpc) is 2.54. The van der Waals surface area contributed by atoms with Gasteiger partial charge in [0.15, 0.2) is 0 Å². The lowest BCUT2D eigenvalue weighted by Gasteiger charge is -2.30. The lowest BCUT2D eigenvalue weighted by atomic mass is 9.78. The first-order valence-electron chi connectivity index (χ1n) is 6.94. The van der Waals surface area contributed by atoms with Crippen LogP contribution in [0.2, 0.25) is 5.02 Å². The molecule has 0 saturated heterocycles. The van der Waals surface area contributed by atoms with Gasteiger partial charge in [0.05, 0.1) is 23.8 Å². The van der Waals surface area contributed by atoms with Crippen molar-refractivity contribution in [3.05, 3.63) is 45.5 Å². The topological polar surface area (TPSA) is 79.2 Å². The van der Waals surface area contributed by atoms with Crippen LogP contribution in [0.4, 0.5) is 0 Å². The number of halogens is 1. The molecule has 1 amide bonds. The number of hydrogen-bond acceptors (Lipinski definition) is 5. The van der Waals surface area contributed by atoms with Gasteiger partial charge >= 0.3 is 5.97 Å². The molecule has 1 N–H and O–H groups in total. The minimum Gasteiger partial charge on any atom is -0.468 e. The lowest BCUT2D eigenvalue weighted by molar-refractivity contribution is -0.150. The van der Waals surface area contributed by atoms with Gasteiger partial charge in [-0.15, -0.1) is 11.8 Å². The maximum atomic E-state index is 12.4. The van der Waals surface area contributed by atoms with Gasteiger partial charge in [-0.25, -0.2) is 0 Å². The predicted octanol–water partition coefficient (Wildman–Crippen LogP) is 2.83. The summed E-state index contributed by atoms with van der Waals surface area (Å²) < 4.78 is 4.76. The molecule has 0 saturated carbocycles. The van der Waals surface area contributed by atoms with E-state index in [0.29, 0.717) is 26.9 Å². The van der Waals surface area contributed by atoms with Crippen LogP contribution >= 0.6 is 23.4 Å². The van der Waals surface area contributed by atoms with E-state index in [1.54, 1.807) is 24.3 Å². The smallest absolute Gasteiger partial charge is 0.319 e. The van der Waals surface area contributed by atoms with E-state index in [9.17, 15) is 14.9 Å². The number of nitrogens with one attached hydrogen (secondary N) is 1. The Labute approximate surface area is 143 Å². The summed E-state index contributed by atoms with van der Waals surface area (Å²) >= 11 is 7.26. The Balaban J connectivity index is 2.61. The van der Waals surface area contributed by atoms with Gasteiger partial charge in [-0.1, -0.05) is 30.7 Å². The van der Waals surface area contributed by atoms with E-state index in [4.69, 9.17) is 16.3 Å². The largest absolute Gasteiger partial charge is 0.468 e. The van der Waals surface area contributed by atoms with E-state index in [1.807, 2.05) is 6.92 Å². The summed E-state index contributed by atoms with van der Waals surface area (Å²) in [5, 5.41) is 13.3. The molecule has 0 bridgehead atoms. The van der Waals surface area contributed by atoms with Gasteiger partial charge in [0.1, 0.15) is 5.92 Å². The Morgan fingerprint density at radius 3 is 2.61 bits per heavy atom. The standard InChI is InChI=1S/C16H15ClN2O3S/c1-3-23-15-11(8-18)12(9-4-6-10(17)7-5-9)13(14(20)19-15)16(21)22-2/h4-7,12-13H,3H2,1-2H3,(H,19,20)/t12-,13-/m0/s1. The first kappa shape index (κ1) is 17.4. The number of nitriles is 1. The van der Waals surface area contributed by atoms with E-state index in [0.717, 1.165) is 0 Å². The number of methoxy groups -OCH3 is 1. The average molecular weight is 351 g/mol. The zero-order chi connectivity index (χ0) is 17.0. The molecule has 1 aliphatic heterocycles. The van der Waals surface area contributed by atoms with Crippen LogP contribution in [0, 0.1) is 17.2 Å². The van der Waals surface area contributed by atoms with Gasteiger partial charge in [-0.2, -0.15) is 5.26 Å². The van der Waals surface area contributed by atoms with Gasteiger partial charge < -0.3 is 10.1 Å². The van der Waals surface area contributed by atoms with Crippen LogP contribution in [-0.4, -0.2) is 24.7 Å². The van der Waals surface area contributed by atoms with E-state index in [1.165, 1.54) is 18.9 Å².